The Bertz CT molecular complexity index is 471. The lowest BCUT2D eigenvalue weighted by atomic mass is 9.98. The van der Waals surface area contributed by atoms with Crippen molar-refractivity contribution in [1.82, 2.24) is 4.90 Å². The molecule has 0 radical (unpaired) electrons. The fourth-order valence-corrected chi connectivity index (χ4v) is 2.49. The van der Waals surface area contributed by atoms with E-state index >= 15 is 0 Å². The second kappa shape index (κ2) is 5.61. The van der Waals surface area contributed by atoms with Crippen molar-refractivity contribution in [2.75, 3.05) is 32.6 Å². The fraction of sp³-hybridized carbons (Fsp3) is 0.533. The van der Waals surface area contributed by atoms with Gasteiger partial charge in [0.25, 0.3) is 0 Å². The van der Waals surface area contributed by atoms with Crippen molar-refractivity contribution >= 4 is 11.7 Å². The Morgan fingerprint density at radius 1 is 1.37 bits per heavy atom. The van der Waals surface area contributed by atoms with Gasteiger partial charge in [-0.2, -0.15) is 0 Å². The molecule has 0 N–H and O–H groups in total. The van der Waals surface area contributed by atoms with Gasteiger partial charge in [0.05, 0.1) is 7.11 Å². The molecule has 0 spiro atoms. The van der Waals surface area contributed by atoms with E-state index in [1.807, 2.05) is 21.0 Å². The number of rotatable bonds is 3. The maximum atomic E-state index is 11.6. The maximum Gasteiger partial charge on any atom is 0.322 e. The van der Waals surface area contributed by atoms with Gasteiger partial charge in [-0.15, -0.1) is 0 Å². The zero-order chi connectivity index (χ0) is 14.0. The molecule has 2 rings (SSSR count). The Labute approximate surface area is 115 Å². The molecule has 0 bridgehead atoms. The first-order valence-corrected chi connectivity index (χ1v) is 6.64. The highest BCUT2D eigenvalue weighted by Crippen LogP contribution is 2.25. The van der Waals surface area contributed by atoms with E-state index in [9.17, 15) is 4.79 Å². The first-order chi connectivity index (χ1) is 9.02. The SMILES string of the molecule is COC(=O)C(C)N1CCc2ccc(N(C)C)cc2C1. The predicted octanol–water partition coefficient (Wildman–Crippen LogP) is 1.67. The van der Waals surface area contributed by atoms with Crippen molar-refractivity contribution in [3.63, 3.8) is 0 Å². The average Bonchev–Trinajstić information content (AvgIpc) is 2.44. The van der Waals surface area contributed by atoms with E-state index in [0.717, 1.165) is 19.5 Å². The highest BCUT2D eigenvalue weighted by molar-refractivity contribution is 5.75. The number of fused-ring (bicyclic) bond motifs is 1. The van der Waals surface area contributed by atoms with E-state index in [1.54, 1.807) is 0 Å². The second-order valence-corrected chi connectivity index (χ2v) is 5.27. The molecular formula is C15H22N2O2. The lowest BCUT2D eigenvalue weighted by Gasteiger charge is -2.32. The smallest absolute Gasteiger partial charge is 0.322 e. The summed E-state index contributed by atoms with van der Waals surface area (Å²) in [6, 6.07) is 6.38. The van der Waals surface area contributed by atoms with Crippen LogP contribution in [-0.2, 0) is 22.5 Å². The lowest BCUT2D eigenvalue weighted by Crippen LogP contribution is -2.42. The predicted molar refractivity (Wildman–Crippen MR) is 76.4 cm³/mol. The monoisotopic (exact) mass is 262 g/mol. The number of nitrogens with zero attached hydrogens (tertiary/aromatic N) is 2. The normalized spacial score (nSPS) is 16.6. The molecule has 0 aromatic heterocycles. The number of carbonyl (C=O) groups is 1. The van der Waals surface area contributed by atoms with E-state index in [-0.39, 0.29) is 12.0 Å². The maximum absolute atomic E-state index is 11.6. The molecule has 0 fully saturated rings. The number of hydrogen-bond donors (Lipinski definition) is 0. The molecule has 1 heterocycles. The summed E-state index contributed by atoms with van der Waals surface area (Å²) in [7, 11) is 5.53. The molecule has 0 amide bonds. The van der Waals surface area contributed by atoms with Gasteiger partial charge in [-0.05, 0) is 36.6 Å². The van der Waals surface area contributed by atoms with Gasteiger partial charge in [0.1, 0.15) is 6.04 Å². The minimum atomic E-state index is -0.179. The molecule has 0 saturated heterocycles. The zero-order valence-corrected chi connectivity index (χ0v) is 12.1. The molecular weight excluding hydrogens is 240 g/mol. The summed E-state index contributed by atoms with van der Waals surface area (Å²) in [6.07, 6.45) is 0.990. The molecule has 1 atom stereocenters. The highest BCUT2D eigenvalue weighted by Gasteiger charge is 2.25. The van der Waals surface area contributed by atoms with E-state index in [4.69, 9.17) is 4.74 Å². The number of benzene rings is 1. The summed E-state index contributed by atoms with van der Waals surface area (Å²) >= 11 is 0. The van der Waals surface area contributed by atoms with Crippen molar-refractivity contribution in [1.29, 1.82) is 0 Å². The zero-order valence-electron chi connectivity index (χ0n) is 12.1. The molecule has 1 aliphatic rings. The van der Waals surface area contributed by atoms with Crippen molar-refractivity contribution in [3.05, 3.63) is 29.3 Å². The Morgan fingerprint density at radius 3 is 2.74 bits per heavy atom. The van der Waals surface area contributed by atoms with Crippen LogP contribution in [-0.4, -0.2) is 44.7 Å². The van der Waals surface area contributed by atoms with Crippen LogP contribution in [0.4, 0.5) is 5.69 Å². The molecule has 4 nitrogen and oxygen atoms in total. The molecule has 1 unspecified atom stereocenters. The summed E-state index contributed by atoms with van der Waals surface area (Å²) in [6.45, 7) is 3.63. The molecule has 4 heteroatoms. The van der Waals surface area contributed by atoms with Crippen molar-refractivity contribution < 1.29 is 9.53 Å². The third kappa shape index (κ3) is 2.89. The second-order valence-electron chi connectivity index (χ2n) is 5.27. The molecule has 0 aliphatic carbocycles. The summed E-state index contributed by atoms with van der Waals surface area (Å²) < 4.78 is 4.83. The van der Waals surface area contributed by atoms with Crippen LogP contribution >= 0.6 is 0 Å². The van der Waals surface area contributed by atoms with Gasteiger partial charge in [0.2, 0.25) is 0 Å². The van der Waals surface area contributed by atoms with Gasteiger partial charge in [-0.1, -0.05) is 6.07 Å². The van der Waals surface area contributed by atoms with E-state index in [0.29, 0.717) is 0 Å². The first kappa shape index (κ1) is 13.9. The number of carbonyl (C=O) groups excluding carboxylic acids is 1. The third-order valence-corrected chi connectivity index (χ3v) is 3.84. The quantitative estimate of drug-likeness (QED) is 0.776. The fourth-order valence-electron chi connectivity index (χ4n) is 2.49. The van der Waals surface area contributed by atoms with Gasteiger partial charge < -0.3 is 9.64 Å². The topological polar surface area (TPSA) is 32.8 Å². The molecule has 1 aromatic carbocycles. The molecule has 104 valence electrons. The number of anilines is 1. The van der Waals surface area contributed by atoms with Gasteiger partial charge >= 0.3 is 5.97 Å². The average molecular weight is 262 g/mol. The number of hydrogen-bond acceptors (Lipinski definition) is 4. The highest BCUT2D eigenvalue weighted by atomic mass is 16.5. The van der Waals surface area contributed by atoms with Crippen LogP contribution in [0.2, 0.25) is 0 Å². The summed E-state index contributed by atoms with van der Waals surface area (Å²) in [5, 5.41) is 0. The van der Waals surface area contributed by atoms with Crippen LogP contribution in [0.1, 0.15) is 18.1 Å². The van der Waals surface area contributed by atoms with E-state index in [2.05, 4.69) is 28.0 Å². The Morgan fingerprint density at radius 2 is 2.11 bits per heavy atom. The minimum absolute atomic E-state index is 0.160. The summed E-state index contributed by atoms with van der Waals surface area (Å²) in [5.74, 6) is -0.160. The van der Waals surface area contributed by atoms with Gasteiger partial charge in [-0.25, -0.2) is 0 Å². The number of esters is 1. The molecule has 19 heavy (non-hydrogen) atoms. The Hall–Kier alpha value is -1.55. The van der Waals surface area contributed by atoms with Crippen LogP contribution in [0.15, 0.2) is 18.2 Å². The van der Waals surface area contributed by atoms with Gasteiger partial charge in [0, 0.05) is 32.9 Å². The Balaban J connectivity index is 2.18. The van der Waals surface area contributed by atoms with Crippen molar-refractivity contribution in [3.8, 4) is 0 Å². The van der Waals surface area contributed by atoms with E-state index in [1.165, 1.54) is 23.9 Å². The molecule has 1 aromatic rings. The van der Waals surface area contributed by atoms with Crippen LogP contribution in [0, 0.1) is 0 Å². The molecule has 1 aliphatic heterocycles. The third-order valence-electron chi connectivity index (χ3n) is 3.84. The number of ether oxygens (including phenoxy) is 1. The largest absolute Gasteiger partial charge is 0.468 e. The standard InChI is InChI=1S/C15H22N2O2/c1-11(15(18)19-4)17-8-7-12-5-6-14(16(2)3)9-13(12)10-17/h5-6,9,11H,7-8,10H2,1-4H3. The first-order valence-electron chi connectivity index (χ1n) is 6.64. The Kier molecular flexibility index (Phi) is 4.10. The number of methoxy groups -OCH3 is 1. The van der Waals surface area contributed by atoms with Crippen molar-refractivity contribution in [2.45, 2.75) is 25.9 Å². The van der Waals surface area contributed by atoms with Gasteiger partial charge in [-0.3, -0.25) is 9.69 Å². The van der Waals surface area contributed by atoms with Crippen LogP contribution in [0.25, 0.3) is 0 Å². The van der Waals surface area contributed by atoms with Gasteiger partial charge in [0.15, 0.2) is 0 Å². The minimum Gasteiger partial charge on any atom is -0.468 e. The summed E-state index contributed by atoms with van der Waals surface area (Å²) in [5.41, 5.74) is 3.90. The van der Waals surface area contributed by atoms with Crippen LogP contribution in [0.3, 0.4) is 0 Å². The molecule has 0 saturated carbocycles. The summed E-state index contributed by atoms with van der Waals surface area (Å²) in [4.78, 5) is 15.9. The van der Waals surface area contributed by atoms with Crippen molar-refractivity contribution in [2.24, 2.45) is 0 Å². The van der Waals surface area contributed by atoms with E-state index < -0.39 is 0 Å². The lowest BCUT2D eigenvalue weighted by molar-refractivity contribution is -0.146. The van der Waals surface area contributed by atoms with Crippen LogP contribution in [0.5, 0.6) is 0 Å². The van der Waals surface area contributed by atoms with Crippen LogP contribution < -0.4 is 4.90 Å².